The van der Waals surface area contributed by atoms with Crippen LogP contribution in [-0.4, -0.2) is 40.3 Å². The Kier molecular flexibility index (Phi) is 5.74. The van der Waals surface area contributed by atoms with Crippen molar-refractivity contribution in [2.75, 3.05) is 14.2 Å². The zero-order chi connectivity index (χ0) is 21.1. The van der Waals surface area contributed by atoms with Crippen molar-refractivity contribution >= 4 is 34.7 Å². The normalized spacial score (nSPS) is 15.1. The van der Waals surface area contributed by atoms with Crippen LogP contribution in [0.5, 0.6) is 17.2 Å². The molecule has 1 aliphatic rings. The molecule has 0 saturated carbocycles. The molecule has 1 N–H and O–H groups in total. The third-order valence-electron chi connectivity index (χ3n) is 4.19. The van der Waals surface area contributed by atoms with Crippen molar-refractivity contribution in [1.29, 1.82) is 0 Å². The molecule has 29 heavy (non-hydrogen) atoms. The number of ether oxygens (including phenoxy) is 2. The summed E-state index contributed by atoms with van der Waals surface area (Å²) < 4.78 is 10.2. The van der Waals surface area contributed by atoms with Gasteiger partial charge in [-0.1, -0.05) is 18.2 Å². The molecule has 1 heterocycles. The van der Waals surface area contributed by atoms with Gasteiger partial charge in [-0.25, -0.2) is 0 Å². The van der Waals surface area contributed by atoms with Crippen LogP contribution < -0.4 is 9.47 Å². The number of hydrogen-bond donors (Lipinski definition) is 1. The van der Waals surface area contributed by atoms with E-state index < -0.39 is 16.1 Å². The molecule has 0 aromatic heterocycles. The van der Waals surface area contributed by atoms with E-state index >= 15 is 0 Å². The largest absolute Gasteiger partial charge is 0.502 e. The number of carbonyl (C=O) groups excluding carboxylic acids is 2. The van der Waals surface area contributed by atoms with Crippen LogP contribution in [0.15, 0.2) is 41.3 Å². The lowest BCUT2D eigenvalue weighted by Crippen LogP contribution is -2.27. The highest BCUT2D eigenvalue weighted by atomic mass is 32.2. The third kappa shape index (κ3) is 4.02. The Morgan fingerprint density at radius 1 is 1.17 bits per heavy atom. The van der Waals surface area contributed by atoms with Crippen LogP contribution in [0.4, 0.5) is 10.5 Å². The molecule has 2 amide bonds. The molecular formula is C19H16N2O7S. The molecule has 3 rings (SSSR count). The van der Waals surface area contributed by atoms with Gasteiger partial charge in [0, 0.05) is 11.6 Å². The maximum absolute atomic E-state index is 12.7. The van der Waals surface area contributed by atoms with Crippen LogP contribution in [0.2, 0.25) is 0 Å². The summed E-state index contributed by atoms with van der Waals surface area (Å²) in [6.07, 6.45) is 1.47. The minimum absolute atomic E-state index is 0.142. The first-order valence-corrected chi connectivity index (χ1v) is 9.10. The number of nitro groups is 1. The van der Waals surface area contributed by atoms with E-state index in [1.54, 1.807) is 6.07 Å². The van der Waals surface area contributed by atoms with E-state index in [0.717, 1.165) is 16.7 Å². The summed E-state index contributed by atoms with van der Waals surface area (Å²) >= 11 is 0.726. The minimum Gasteiger partial charge on any atom is -0.502 e. The number of para-hydroxylation sites is 1. The Labute approximate surface area is 169 Å². The summed E-state index contributed by atoms with van der Waals surface area (Å²) in [7, 11) is 2.75. The monoisotopic (exact) mass is 416 g/mol. The number of carbonyl (C=O) groups is 2. The molecule has 0 radical (unpaired) electrons. The second kappa shape index (κ2) is 8.23. The Hall–Kier alpha value is -3.53. The average molecular weight is 416 g/mol. The Balaban J connectivity index is 1.91. The molecule has 10 heteroatoms. The van der Waals surface area contributed by atoms with E-state index in [9.17, 15) is 24.8 Å². The number of phenols is 1. The first-order valence-electron chi connectivity index (χ1n) is 8.28. The molecule has 1 aliphatic heterocycles. The number of benzene rings is 2. The van der Waals surface area contributed by atoms with Crippen LogP contribution in [0, 0.1) is 10.1 Å². The summed E-state index contributed by atoms with van der Waals surface area (Å²) in [5.74, 6) is -0.453. The summed E-state index contributed by atoms with van der Waals surface area (Å²) in [4.78, 5) is 36.8. The molecule has 0 spiro atoms. The zero-order valence-electron chi connectivity index (χ0n) is 15.4. The topological polar surface area (TPSA) is 119 Å². The van der Waals surface area contributed by atoms with Crippen molar-refractivity contribution in [2.24, 2.45) is 0 Å². The van der Waals surface area contributed by atoms with Crippen molar-refractivity contribution in [3.63, 3.8) is 0 Å². The van der Waals surface area contributed by atoms with E-state index in [4.69, 9.17) is 9.47 Å². The predicted molar refractivity (Wildman–Crippen MR) is 106 cm³/mol. The lowest BCUT2D eigenvalue weighted by atomic mass is 10.1. The maximum Gasteiger partial charge on any atom is 0.293 e. The number of thioether (sulfide) groups is 1. The van der Waals surface area contributed by atoms with Gasteiger partial charge in [-0.05, 0) is 35.5 Å². The highest BCUT2D eigenvalue weighted by Crippen LogP contribution is 2.40. The molecule has 0 aliphatic carbocycles. The van der Waals surface area contributed by atoms with Crippen molar-refractivity contribution in [3.8, 4) is 17.2 Å². The van der Waals surface area contributed by atoms with Gasteiger partial charge in [-0.3, -0.25) is 24.6 Å². The van der Waals surface area contributed by atoms with E-state index in [1.807, 2.05) is 0 Å². The van der Waals surface area contributed by atoms with Crippen LogP contribution in [0.25, 0.3) is 6.08 Å². The number of nitro benzene ring substituents is 1. The fraction of sp³-hybridized carbons (Fsp3) is 0.158. The Morgan fingerprint density at radius 3 is 2.38 bits per heavy atom. The van der Waals surface area contributed by atoms with Gasteiger partial charge in [-0.2, -0.15) is 0 Å². The van der Waals surface area contributed by atoms with Crippen molar-refractivity contribution < 1.29 is 29.1 Å². The van der Waals surface area contributed by atoms with Gasteiger partial charge in [0.1, 0.15) is 0 Å². The van der Waals surface area contributed by atoms with Crippen molar-refractivity contribution in [1.82, 2.24) is 4.90 Å². The lowest BCUT2D eigenvalue weighted by Gasteiger charge is -2.12. The molecular weight excluding hydrogens is 400 g/mol. The maximum atomic E-state index is 12.7. The fourth-order valence-corrected chi connectivity index (χ4v) is 3.62. The molecule has 2 aromatic carbocycles. The molecule has 150 valence electrons. The first kappa shape index (κ1) is 20.2. The summed E-state index contributed by atoms with van der Waals surface area (Å²) in [5, 5.41) is 20.6. The summed E-state index contributed by atoms with van der Waals surface area (Å²) in [5.41, 5.74) is 0.574. The molecule has 0 atom stereocenters. The van der Waals surface area contributed by atoms with Gasteiger partial charge in [0.25, 0.3) is 16.8 Å². The van der Waals surface area contributed by atoms with Gasteiger partial charge in [0.15, 0.2) is 11.5 Å². The SMILES string of the molecule is COc1cc(/C=C2/SC(=O)N(Cc3ccccc3[N+](=O)[O-])C2=O)cc(OC)c1O. The smallest absolute Gasteiger partial charge is 0.293 e. The molecule has 0 bridgehead atoms. The van der Waals surface area contributed by atoms with Crippen molar-refractivity contribution in [2.45, 2.75) is 6.54 Å². The second-order valence-corrected chi connectivity index (χ2v) is 6.92. The quantitative estimate of drug-likeness (QED) is 0.431. The number of methoxy groups -OCH3 is 2. The van der Waals surface area contributed by atoms with E-state index in [2.05, 4.69) is 0 Å². The Bertz CT molecular complexity index is 1010. The minimum atomic E-state index is -0.566. The highest BCUT2D eigenvalue weighted by Gasteiger charge is 2.36. The number of nitrogens with zero attached hydrogens (tertiary/aromatic N) is 2. The van der Waals surface area contributed by atoms with Crippen LogP contribution in [0.3, 0.4) is 0 Å². The van der Waals surface area contributed by atoms with Crippen molar-refractivity contribution in [3.05, 3.63) is 62.5 Å². The summed E-state index contributed by atoms with van der Waals surface area (Å²) in [6.45, 7) is -0.207. The number of aromatic hydroxyl groups is 1. The standard InChI is InChI=1S/C19H16N2O7S/c1-27-14-7-11(8-15(28-2)17(14)22)9-16-18(23)20(19(24)29-16)10-12-5-3-4-6-13(12)21(25)26/h3-9,22H,10H2,1-2H3/b16-9+. The van der Waals surface area contributed by atoms with Crippen LogP contribution in [0.1, 0.15) is 11.1 Å². The third-order valence-corrected chi connectivity index (χ3v) is 5.10. The van der Waals surface area contributed by atoms with Gasteiger partial charge >= 0.3 is 0 Å². The highest BCUT2D eigenvalue weighted by molar-refractivity contribution is 8.18. The van der Waals surface area contributed by atoms with Gasteiger partial charge in [0.05, 0.1) is 30.6 Å². The first-order chi connectivity index (χ1) is 13.8. The van der Waals surface area contributed by atoms with Crippen LogP contribution in [-0.2, 0) is 11.3 Å². The van der Waals surface area contributed by atoms with E-state index in [0.29, 0.717) is 5.56 Å². The zero-order valence-corrected chi connectivity index (χ0v) is 16.3. The van der Waals surface area contributed by atoms with E-state index in [1.165, 1.54) is 50.6 Å². The average Bonchev–Trinajstić information content (AvgIpc) is 2.96. The van der Waals surface area contributed by atoms with Gasteiger partial charge < -0.3 is 14.6 Å². The Morgan fingerprint density at radius 2 is 1.79 bits per heavy atom. The molecule has 9 nitrogen and oxygen atoms in total. The van der Waals surface area contributed by atoms with Gasteiger partial charge in [-0.15, -0.1) is 0 Å². The lowest BCUT2D eigenvalue weighted by molar-refractivity contribution is -0.385. The number of hydrogen-bond acceptors (Lipinski definition) is 8. The number of amides is 2. The predicted octanol–water partition coefficient (Wildman–Crippen LogP) is 3.55. The summed E-state index contributed by atoms with van der Waals surface area (Å²) in [6, 6.07) is 8.93. The molecule has 2 aromatic rings. The van der Waals surface area contributed by atoms with Gasteiger partial charge in [0.2, 0.25) is 5.75 Å². The fourth-order valence-electron chi connectivity index (χ4n) is 2.78. The number of rotatable bonds is 6. The number of imide groups is 1. The van der Waals surface area contributed by atoms with E-state index in [-0.39, 0.29) is 39.9 Å². The molecule has 1 saturated heterocycles. The molecule has 1 fully saturated rings. The number of phenolic OH excluding ortho intramolecular Hbond substituents is 1. The second-order valence-electron chi connectivity index (χ2n) is 5.93. The van der Waals surface area contributed by atoms with Crippen LogP contribution >= 0.6 is 11.8 Å². The molecule has 0 unspecified atom stereocenters.